The van der Waals surface area contributed by atoms with Crippen molar-refractivity contribution in [2.24, 2.45) is 17.3 Å². The van der Waals surface area contributed by atoms with Crippen LogP contribution < -0.4 is 0 Å². The van der Waals surface area contributed by atoms with Gasteiger partial charge in [0, 0.05) is 12.3 Å². The molecule has 0 heterocycles. The molecular weight excluding hydrogens is 148 g/mol. The van der Waals surface area contributed by atoms with E-state index in [2.05, 4.69) is 13.8 Å². The summed E-state index contributed by atoms with van der Waals surface area (Å²) in [6, 6.07) is 0. The molecule has 0 radical (unpaired) electrons. The zero-order valence-corrected chi connectivity index (χ0v) is 8.10. The lowest BCUT2D eigenvalue weighted by Crippen LogP contribution is -2.35. The van der Waals surface area contributed by atoms with Crippen LogP contribution in [0.2, 0.25) is 0 Å². The summed E-state index contributed by atoms with van der Waals surface area (Å²) in [6.07, 6.45) is 5.83. The fourth-order valence-corrected chi connectivity index (χ4v) is 3.37. The van der Waals surface area contributed by atoms with Crippen LogP contribution >= 0.6 is 0 Å². The lowest BCUT2D eigenvalue weighted by Gasteiger charge is -2.36. The zero-order chi connectivity index (χ0) is 8.77. The normalized spacial score (nSPS) is 47.7. The molecule has 2 aliphatic rings. The predicted octanol–water partition coefficient (Wildman–Crippen LogP) is 2.79. The largest absolute Gasteiger partial charge is 0.299 e. The average molecular weight is 166 g/mol. The first-order valence-corrected chi connectivity index (χ1v) is 5.16. The van der Waals surface area contributed by atoms with Crippen molar-refractivity contribution >= 4 is 5.78 Å². The van der Waals surface area contributed by atoms with Crippen LogP contribution in [0, 0.1) is 17.3 Å². The molecule has 0 saturated heterocycles. The Morgan fingerprint density at radius 1 is 1.42 bits per heavy atom. The van der Waals surface area contributed by atoms with E-state index in [0.29, 0.717) is 23.0 Å². The standard InChI is InChI=1S/C11H18O/c1-8-5-7-11(2)6-3-4-9(12)10(8)11/h8,10H,3-7H2,1-2H3/t8-,10+,11+/m0/s1. The second kappa shape index (κ2) is 2.58. The van der Waals surface area contributed by atoms with Crippen LogP contribution in [0.4, 0.5) is 0 Å². The summed E-state index contributed by atoms with van der Waals surface area (Å²) in [5.74, 6) is 1.61. The molecule has 2 fully saturated rings. The van der Waals surface area contributed by atoms with Crippen LogP contribution in [-0.2, 0) is 4.79 Å². The Morgan fingerprint density at radius 2 is 2.17 bits per heavy atom. The molecule has 2 saturated carbocycles. The van der Waals surface area contributed by atoms with Gasteiger partial charge in [-0.15, -0.1) is 0 Å². The molecule has 1 nitrogen and oxygen atoms in total. The van der Waals surface area contributed by atoms with Gasteiger partial charge in [-0.2, -0.15) is 0 Å². The maximum atomic E-state index is 11.7. The Labute approximate surface area is 74.5 Å². The van der Waals surface area contributed by atoms with Crippen molar-refractivity contribution in [1.82, 2.24) is 0 Å². The van der Waals surface area contributed by atoms with Crippen LogP contribution in [-0.4, -0.2) is 5.78 Å². The van der Waals surface area contributed by atoms with Gasteiger partial charge in [0.25, 0.3) is 0 Å². The number of rotatable bonds is 0. The molecule has 0 aromatic heterocycles. The van der Waals surface area contributed by atoms with Crippen LogP contribution in [0.5, 0.6) is 0 Å². The van der Waals surface area contributed by atoms with E-state index in [9.17, 15) is 4.79 Å². The molecule has 0 aliphatic heterocycles. The van der Waals surface area contributed by atoms with E-state index in [-0.39, 0.29) is 0 Å². The molecule has 0 spiro atoms. The van der Waals surface area contributed by atoms with Gasteiger partial charge in [0.15, 0.2) is 0 Å². The summed E-state index contributed by atoms with van der Waals surface area (Å²) in [7, 11) is 0. The molecule has 1 heteroatoms. The molecule has 0 N–H and O–H groups in total. The van der Waals surface area contributed by atoms with Crippen molar-refractivity contribution in [3.8, 4) is 0 Å². The fourth-order valence-electron chi connectivity index (χ4n) is 3.37. The Hall–Kier alpha value is -0.330. The number of ketones is 1. The lowest BCUT2D eigenvalue weighted by atomic mass is 9.67. The Balaban J connectivity index is 2.26. The van der Waals surface area contributed by atoms with Gasteiger partial charge in [-0.3, -0.25) is 4.79 Å². The number of carbonyl (C=O) groups excluding carboxylic acids is 1. The van der Waals surface area contributed by atoms with E-state index < -0.39 is 0 Å². The van der Waals surface area contributed by atoms with Crippen molar-refractivity contribution in [2.45, 2.75) is 46.0 Å². The van der Waals surface area contributed by atoms with Gasteiger partial charge in [0.2, 0.25) is 0 Å². The number of hydrogen-bond donors (Lipinski definition) is 0. The second-order valence-corrected chi connectivity index (χ2v) is 4.97. The minimum Gasteiger partial charge on any atom is -0.299 e. The predicted molar refractivity (Wildman–Crippen MR) is 48.9 cm³/mol. The maximum absolute atomic E-state index is 11.7. The molecule has 2 aliphatic carbocycles. The van der Waals surface area contributed by atoms with Gasteiger partial charge < -0.3 is 0 Å². The summed E-state index contributed by atoms with van der Waals surface area (Å²) in [4.78, 5) is 11.7. The maximum Gasteiger partial charge on any atom is 0.136 e. The first-order valence-electron chi connectivity index (χ1n) is 5.16. The minimum absolute atomic E-state index is 0.384. The molecule has 2 rings (SSSR count). The van der Waals surface area contributed by atoms with E-state index in [1.807, 2.05) is 0 Å². The highest BCUT2D eigenvalue weighted by Gasteiger charge is 2.48. The second-order valence-electron chi connectivity index (χ2n) is 4.97. The van der Waals surface area contributed by atoms with Crippen molar-refractivity contribution in [3.63, 3.8) is 0 Å². The number of hydrogen-bond acceptors (Lipinski definition) is 1. The quantitative estimate of drug-likeness (QED) is 0.541. The van der Waals surface area contributed by atoms with Crippen LogP contribution in [0.25, 0.3) is 0 Å². The van der Waals surface area contributed by atoms with Crippen molar-refractivity contribution < 1.29 is 4.79 Å². The molecule has 12 heavy (non-hydrogen) atoms. The SMILES string of the molecule is C[C@H]1CC[C@@]2(C)CCCC(=O)[C@@H]12. The van der Waals surface area contributed by atoms with Crippen LogP contribution in [0.1, 0.15) is 46.0 Å². The number of carbonyl (C=O) groups is 1. The zero-order valence-electron chi connectivity index (χ0n) is 8.10. The molecule has 68 valence electrons. The molecule has 0 bridgehead atoms. The lowest BCUT2D eigenvalue weighted by molar-refractivity contribution is -0.130. The van der Waals surface area contributed by atoms with Gasteiger partial charge in [0.05, 0.1) is 0 Å². The number of fused-ring (bicyclic) bond motifs is 1. The van der Waals surface area contributed by atoms with E-state index in [1.54, 1.807) is 0 Å². The third-order valence-electron chi connectivity index (χ3n) is 4.01. The number of Topliss-reactive ketones (excluding diaryl/α,β-unsaturated/α-hetero) is 1. The van der Waals surface area contributed by atoms with Crippen molar-refractivity contribution in [3.05, 3.63) is 0 Å². The fraction of sp³-hybridized carbons (Fsp3) is 0.909. The Bertz CT molecular complexity index is 205. The summed E-state index contributed by atoms with van der Waals surface area (Å²) in [6.45, 7) is 4.57. The molecule has 0 unspecified atom stereocenters. The Morgan fingerprint density at radius 3 is 2.83 bits per heavy atom. The third-order valence-corrected chi connectivity index (χ3v) is 4.01. The smallest absolute Gasteiger partial charge is 0.136 e. The van der Waals surface area contributed by atoms with Gasteiger partial charge in [-0.05, 0) is 37.0 Å². The summed E-state index contributed by atoms with van der Waals surface area (Å²) >= 11 is 0. The molecule has 0 amide bonds. The third kappa shape index (κ3) is 1.02. The molecule has 3 atom stereocenters. The highest BCUT2D eigenvalue weighted by molar-refractivity contribution is 5.83. The monoisotopic (exact) mass is 166 g/mol. The van der Waals surface area contributed by atoms with Gasteiger partial charge >= 0.3 is 0 Å². The minimum atomic E-state index is 0.384. The average Bonchev–Trinajstić information content (AvgIpc) is 2.29. The van der Waals surface area contributed by atoms with Crippen LogP contribution in [0.15, 0.2) is 0 Å². The van der Waals surface area contributed by atoms with Crippen molar-refractivity contribution in [1.29, 1.82) is 0 Å². The summed E-state index contributed by atoms with van der Waals surface area (Å²) < 4.78 is 0. The molecular formula is C11H18O. The van der Waals surface area contributed by atoms with Crippen LogP contribution in [0.3, 0.4) is 0 Å². The van der Waals surface area contributed by atoms with Gasteiger partial charge in [-0.25, -0.2) is 0 Å². The van der Waals surface area contributed by atoms with E-state index >= 15 is 0 Å². The molecule has 0 aromatic carbocycles. The van der Waals surface area contributed by atoms with Gasteiger partial charge in [-0.1, -0.05) is 13.8 Å². The highest BCUT2D eigenvalue weighted by Crippen LogP contribution is 2.52. The first kappa shape index (κ1) is 8.28. The first-order chi connectivity index (χ1) is 5.63. The topological polar surface area (TPSA) is 17.1 Å². The van der Waals surface area contributed by atoms with E-state index in [4.69, 9.17) is 0 Å². The van der Waals surface area contributed by atoms with E-state index in [1.165, 1.54) is 19.3 Å². The van der Waals surface area contributed by atoms with Gasteiger partial charge in [0.1, 0.15) is 5.78 Å². The Kier molecular flexibility index (Phi) is 1.78. The highest BCUT2D eigenvalue weighted by atomic mass is 16.1. The summed E-state index contributed by atoms with van der Waals surface area (Å²) in [5.41, 5.74) is 0.384. The van der Waals surface area contributed by atoms with E-state index in [0.717, 1.165) is 12.8 Å². The summed E-state index contributed by atoms with van der Waals surface area (Å²) in [5, 5.41) is 0. The van der Waals surface area contributed by atoms with Crippen molar-refractivity contribution in [2.75, 3.05) is 0 Å². The molecule has 0 aromatic rings.